The van der Waals surface area contributed by atoms with Crippen molar-refractivity contribution in [2.24, 2.45) is 11.8 Å². The van der Waals surface area contributed by atoms with E-state index >= 15 is 0 Å². The lowest BCUT2D eigenvalue weighted by Crippen LogP contribution is -2.29. The van der Waals surface area contributed by atoms with Gasteiger partial charge in [-0.3, -0.25) is 9.59 Å². The minimum atomic E-state index is -0.975. The van der Waals surface area contributed by atoms with E-state index in [1.165, 1.54) is 0 Å². The Balaban J connectivity index is 4.52. The molecule has 16 heavy (non-hydrogen) atoms. The summed E-state index contributed by atoms with van der Waals surface area (Å²) in [6.45, 7) is 3.95. The molecule has 0 fully saturated rings. The van der Waals surface area contributed by atoms with E-state index in [4.69, 9.17) is 10.2 Å². The molecule has 2 unspecified atom stereocenters. The second-order valence-corrected chi connectivity index (χ2v) is 4.17. The highest BCUT2D eigenvalue weighted by molar-refractivity contribution is 5.79. The molecule has 4 nitrogen and oxygen atoms in total. The van der Waals surface area contributed by atoms with Gasteiger partial charge in [-0.1, -0.05) is 39.5 Å². The van der Waals surface area contributed by atoms with E-state index in [0.29, 0.717) is 12.8 Å². The molecular weight excluding hydrogens is 208 g/mol. The third-order valence-corrected chi connectivity index (χ3v) is 2.86. The van der Waals surface area contributed by atoms with E-state index < -0.39 is 23.8 Å². The SMILES string of the molecule is CCCCC(C(=O)O)C(CCCC)C(=O)O. The Morgan fingerprint density at radius 2 is 1.19 bits per heavy atom. The summed E-state index contributed by atoms with van der Waals surface area (Å²) in [5, 5.41) is 18.1. The molecule has 0 saturated carbocycles. The topological polar surface area (TPSA) is 74.6 Å². The third kappa shape index (κ3) is 5.14. The molecule has 0 aromatic carbocycles. The normalized spacial score (nSPS) is 14.4. The maximum absolute atomic E-state index is 11.1. The van der Waals surface area contributed by atoms with Crippen LogP contribution in [0.4, 0.5) is 0 Å². The standard InChI is InChI=1S/C12H22O4/c1-3-5-7-9(11(13)14)10(12(15)16)8-6-4-2/h9-10H,3-8H2,1-2H3,(H,13,14)(H,15,16). The van der Waals surface area contributed by atoms with Gasteiger partial charge in [-0.05, 0) is 12.8 Å². The number of carboxylic acid groups (broad SMARTS) is 2. The summed E-state index contributed by atoms with van der Waals surface area (Å²) < 4.78 is 0. The van der Waals surface area contributed by atoms with E-state index in [-0.39, 0.29) is 0 Å². The molecule has 0 aliphatic rings. The number of carbonyl (C=O) groups is 2. The monoisotopic (exact) mass is 230 g/mol. The number of carboxylic acids is 2. The predicted octanol–water partition coefficient (Wildman–Crippen LogP) is 2.77. The van der Waals surface area contributed by atoms with Crippen LogP contribution in [0.25, 0.3) is 0 Å². The molecule has 0 bridgehead atoms. The molecule has 0 aromatic rings. The molecule has 0 saturated heterocycles. The fourth-order valence-corrected chi connectivity index (χ4v) is 1.84. The van der Waals surface area contributed by atoms with Crippen molar-refractivity contribution < 1.29 is 19.8 Å². The van der Waals surface area contributed by atoms with E-state index in [9.17, 15) is 9.59 Å². The second-order valence-electron chi connectivity index (χ2n) is 4.17. The van der Waals surface area contributed by atoms with Gasteiger partial charge in [0, 0.05) is 0 Å². The number of hydrogen-bond acceptors (Lipinski definition) is 2. The summed E-state index contributed by atoms with van der Waals surface area (Å²) in [6.07, 6.45) is 4.26. The van der Waals surface area contributed by atoms with Crippen LogP contribution in [0.5, 0.6) is 0 Å². The Morgan fingerprint density at radius 1 is 0.875 bits per heavy atom. The van der Waals surface area contributed by atoms with Gasteiger partial charge in [0.25, 0.3) is 0 Å². The average molecular weight is 230 g/mol. The molecule has 2 N–H and O–H groups in total. The zero-order valence-electron chi connectivity index (χ0n) is 10.1. The van der Waals surface area contributed by atoms with Crippen LogP contribution in [0.3, 0.4) is 0 Å². The van der Waals surface area contributed by atoms with Crippen LogP contribution in [-0.4, -0.2) is 22.2 Å². The van der Waals surface area contributed by atoms with Crippen LogP contribution in [0.15, 0.2) is 0 Å². The first-order valence-corrected chi connectivity index (χ1v) is 6.00. The highest BCUT2D eigenvalue weighted by Crippen LogP contribution is 2.24. The number of aliphatic carboxylic acids is 2. The second kappa shape index (κ2) is 8.13. The zero-order valence-corrected chi connectivity index (χ0v) is 10.1. The molecule has 4 heteroatoms. The van der Waals surface area contributed by atoms with Crippen LogP contribution >= 0.6 is 0 Å². The van der Waals surface area contributed by atoms with Crippen molar-refractivity contribution in [2.75, 3.05) is 0 Å². The summed E-state index contributed by atoms with van der Waals surface area (Å²) in [7, 11) is 0. The summed E-state index contributed by atoms with van der Waals surface area (Å²) in [5.41, 5.74) is 0. The van der Waals surface area contributed by atoms with Crippen molar-refractivity contribution in [3.63, 3.8) is 0 Å². The molecule has 2 atom stereocenters. The van der Waals surface area contributed by atoms with E-state index in [0.717, 1.165) is 25.7 Å². The maximum Gasteiger partial charge on any atom is 0.307 e. The van der Waals surface area contributed by atoms with Crippen LogP contribution < -0.4 is 0 Å². The average Bonchev–Trinajstić information content (AvgIpc) is 2.21. The van der Waals surface area contributed by atoms with Gasteiger partial charge >= 0.3 is 11.9 Å². The Hall–Kier alpha value is -1.06. The fourth-order valence-electron chi connectivity index (χ4n) is 1.84. The predicted molar refractivity (Wildman–Crippen MR) is 61.3 cm³/mol. The van der Waals surface area contributed by atoms with Crippen molar-refractivity contribution in [2.45, 2.75) is 52.4 Å². The maximum atomic E-state index is 11.1. The van der Waals surface area contributed by atoms with Crippen LogP contribution in [0, 0.1) is 11.8 Å². The molecule has 0 aliphatic heterocycles. The molecule has 0 spiro atoms. The largest absolute Gasteiger partial charge is 0.481 e. The van der Waals surface area contributed by atoms with Gasteiger partial charge in [0.05, 0.1) is 11.8 Å². The van der Waals surface area contributed by atoms with Gasteiger partial charge in [-0.25, -0.2) is 0 Å². The molecule has 0 heterocycles. The number of hydrogen-bond donors (Lipinski definition) is 2. The lowest BCUT2D eigenvalue weighted by Gasteiger charge is -2.19. The van der Waals surface area contributed by atoms with Gasteiger partial charge in [0.2, 0.25) is 0 Å². The molecule has 94 valence electrons. The summed E-state index contributed by atoms with van der Waals surface area (Å²) in [6, 6.07) is 0. The Kier molecular flexibility index (Phi) is 7.60. The highest BCUT2D eigenvalue weighted by Gasteiger charge is 2.32. The lowest BCUT2D eigenvalue weighted by atomic mass is 9.84. The Morgan fingerprint density at radius 3 is 1.38 bits per heavy atom. The molecular formula is C12H22O4. The van der Waals surface area contributed by atoms with Crippen molar-refractivity contribution in [1.82, 2.24) is 0 Å². The first-order valence-electron chi connectivity index (χ1n) is 6.00. The van der Waals surface area contributed by atoms with E-state index in [2.05, 4.69) is 0 Å². The Bertz CT molecular complexity index is 201. The van der Waals surface area contributed by atoms with Gasteiger partial charge < -0.3 is 10.2 Å². The summed E-state index contributed by atoms with van der Waals surface area (Å²) in [4.78, 5) is 22.1. The van der Waals surface area contributed by atoms with E-state index in [1.807, 2.05) is 13.8 Å². The van der Waals surface area contributed by atoms with Crippen LogP contribution in [-0.2, 0) is 9.59 Å². The zero-order chi connectivity index (χ0) is 12.6. The van der Waals surface area contributed by atoms with Gasteiger partial charge in [0.15, 0.2) is 0 Å². The summed E-state index contributed by atoms with van der Waals surface area (Å²) >= 11 is 0. The van der Waals surface area contributed by atoms with Crippen LogP contribution in [0.2, 0.25) is 0 Å². The molecule has 0 aromatic heterocycles. The quantitative estimate of drug-likeness (QED) is 0.638. The minimum Gasteiger partial charge on any atom is -0.481 e. The molecule has 0 amide bonds. The smallest absolute Gasteiger partial charge is 0.307 e. The highest BCUT2D eigenvalue weighted by atomic mass is 16.4. The fraction of sp³-hybridized carbons (Fsp3) is 0.833. The van der Waals surface area contributed by atoms with Crippen molar-refractivity contribution in [3.8, 4) is 0 Å². The van der Waals surface area contributed by atoms with Gasteiger partial charge in [-0.2, -0.15) is 0 Å². The van der Waals surface area contributed by atoms with Crippen LogP contribution in [0.1, 0.15) is 52.4 Å². The minimum absolute atomic E-state index is 0.465. The Labute approximate surface area is 96.7 Å². The van der Waals surface area contributed by atoms with Crippen molar-refractivity contribution in [3.05, 3.63) is 0 Å². The van der Waals surface area contributed by atoms with Gasteiger partial charge in [-0.15, -0.1) is 0 Å². The first-order chi connectivity index (χ1) is 7.54. The molecule has 0 rings (SSSR count). The van der Waals surface area contributed by atoms with Crippen molar-refractivity contribution >= 4 is 11.9 Å². The molecule has 0 radical (unpaired) electrons. The van der Waals surface area contributed by atoms with E-state index in [1.54, 1.807) is 0 Å². The summed E-state index contributed by atoms with van der Waals surface area (Å²) in [5.74, 6) is -3.41. The first kappa shape index (κ1) is 14.9. The number of unbranched alkanes of at least 4 members (excludes halogenated alkanes) is 2. The number of rotatable bonds is 9. The van der Waals surface area contributed by atoms with Gasteiger partial charge in [0.1, 0.15) is 0 Å². The lowest BCUT2D eigenvalue weighted by molar-refractivity contribution is -0.154. The molecule has 0 aliphatic carbocycles. The van der Waals surface area contributed by atoms with Crippen molar-refractivity contribution in [1.29, 1.82) is 0 Å². The third-order valence-electron chi connectivity index (χ3n) is 2.86.